The van der Waals surface area contributed by atoms with Gasteiger partial charge in [-0.15, -0.1) is 0 Å². The first-order valence-corrected chi connectivity index (χ1v) is 4.49. The van der Waals surface area contributed by atoms with Crippen LogP contribution in [0.2, 0.25) is 0 Å². The summed E-state index contributed by atoms with van der Waals surface area (Å²) in [6, 6.07) is 9.61. The fourth-order valence-electron chi connectivity index (χ4n) is 1.22. The number of anilines is 1. The van der Waals surface area contributed by atoms with E-state index in [-0.39, 0.29) is 5.95 Å². The van der Waals surface area contributed by atoms with E-state index in [0.717, 1.165) is 5.56 Å². The lowest BCUT2D eigenvalue weighted by Crippen LogP contribution is -2.01. The zero-order valence-corrected chi connectivity index (χ0v) is 8.09. The van der Waals surface area contributed by atoms with Crippen molar-refractivity contribution >= 4 is 12.0 Å². The molecule has 2 N–H and O–H groups in total. The molecule has 0 spiro atoms. The Morgan fingerprint density at radius 3 is 2.47 bits per heavy atom. The van der Waals surface area contributed by atoms with Crippen molar-refractivity contribution < 1.29 is 0 Å². The SMILES string of the molecule is C=Cc1nc(N)nc(-c2ccccc2)n1. The monoisotopic (exact) mass is 198 g/mol. The van der Waals surface area contributed by atoms with Crippen molar-refractivity contribution in [3.05, 3.63) is 42.7 Å². The molecule has 0 saturated carbocycles. The minimum atomic E-state index is 0.207. The molecule has 0 aliphatic heterocycles. The van der Waals surface area contributed by atoms with Crippen LogP contribution in [-0.4, -0.2) is 15.0 Å². The summed E-state index contributed by atoms with van der Waals surface area (Å²) < 4.78 is 0. The summed E-state index contributed by atoms with van der Waals surface area (Å²) in [5.41, 5.74) is 6.47. The third-order valence-corrected chi connectivity index (χ3v) is 1.88. The van der Waals surface area contributed by atoms with Gasteiger partial charge in [0.15, 0.2) is 11.6 Å². The minimum absolute atomic E-state index is 0.207. The van der Waals surface area contributed by atoms with Crippen LogP contribution in [0.25, 0.3) is 17.5 Å². The van der Waals surface area contributed by atoms with Crippen molar-refractivity contribution in [1.82, 2.24) is 15.0 Å². The smallest absolute Gasteiger partial charge is 0.224 e. The van der Waals surface area contributed by atoms with E-state index in [1.54, 1.807) is 6.08 Å². The highest BCUT2D eigenvalue weighted by Crippen LogP contribution is 2.14. The molecule has 74 valence electrons. The van der Waals surface area contributed by atoms with Crippen LogP contribution < -0.4 is 5.73 Å². The van der Waals surface area contributed by atoms with Gasteiger partial charge in [0.05, 0.1) is 0 Å². The minimum Gasteiger partial charge on any atom is -0.368 e. The quantitative estimate of drug-likeness (QED) is 0.798. The molecule has 4 heteroatoms. The van der Waals surface area contributed by atoms with Gasteiger partial charge in [-0.3, -0.25) is 0 Å². The molecule has 0 bridgehead atoms. The Balaban J connectivity index is 2.53. The second-order valence-corrected chi connectivity index (χ2v) is 2.95. The van der Waals surface area contributed by atoms with Gasteiger partial charge >= 0.3 is 0 Å². The van der Waals surface area contributed by atoms with Gasteiger partial charge in [0, 0.05) is 5.56 Å². The molecule has 0 saturated heterocycles. The van der Waals surface area contributed by atoms with Gasteiger partial charge < -0.3 is 5.73 Å². The Hall–Kier alpha value is -2.23. The number of nitrogens with zero attached hydrogens (tertiary/aromatic N) is 3. The fraction of sp³-hybridized carbons (Fsp3) is 0. The van der Waals surface area contributed by atoms with E-state index in [4.69, 9.17) is 5.73 Å². The molecule has 0 fully saturated rings. The number of nitrogens with two attached hydrogens (primary N) is 1. The van der Waals surface area contributed by atoms with Crippen LogP contribution >= 0.6 is 0 Å². The van der Waals surface area contributed by atoms with Gasteiger partial charge in [0.2, 0.25) is 5.95 Å². The molecule has 0 radical (unpaired) electrons. The van der Waals surface area contributed by atoms with Crippen LogP contribution in [0.5, 0.6) is 0 Å². The van der Waals surface area contributed by atoms with Crippen LogP contribution in [0.1, 0.15) is 5.82 Å². The predicted octanol–water partition coefficient (Wildman–Crippen LogP) is 1.76. The van der Waals surface area contributed by atoms with Crippen LogP contribution in [0.4, 0.5) is 5.95 Å². The molecular formula is C11H10N4. The molecule has 0 amide bonds. The second-order valence-electron chi connectivity index (χ2n) is 2.95. The van der Waals surface area contributed by atoms with Crippen molar-refractivity contribution in [3.8, 4) is 11.4 Å². The molecule has 2 rings (SSSR count). The van der Waals surface area contributed by atoms with Gasteiger partial charge in [-0.1, -0.05) is 36.9 Å². The summed E-state index contributed by atoms with van der Waals surface area (Å²) in [6.07, 6.45) is 1.55. The maximum Gasteiger partial charge on any atom is 0.224 e. The van der Waals surface area contributed by atoms with E-state index >= 15 is 0 Å². The van der Waals surface area contributed by atoms with E-state index in [0.29, 0.717) is 11.6 Å². The van der Waals surface area contributed by atoms with Crippen molar-refractivity contribution in [2.45, 2.75) is 0 Å². The first-order valence-electron chi connectivity index (χ1n) is 4.49. The summed E-state index contributed by atoms with van der Waals surface area (Å²) in [7, 11) is 0. The van der Waals surface area contributed by atoms with Crippen molar-refractivity contribution in [3.63, 3.8) is 0 Å². The van der Waals surface area contributed by atoms with Crippen LogP contribution in [0.3, 0.4) is 0 Å². The second kappa shape index (κ2) is 3.88. The summed E-state index contributed by atoms with van der Waals surface area (Å²) in [4.78, 5) is 12.2. The lowest BCUT2D eigenvalue weighted by molar-refractivity contribution is 1.05. The van der Waals surface area contributed by atoms with E-state index in [9.17, 15) is 0 Å². The lowest BCUT2D eigenvalue weighted by atomic mass is 10.2. The van der Waals surface area contributed by atoms with Crippen molar-refractivity contribution in [1.29, 1.82) is 0 Å². The van der Waals surface area contributed by atoms with Crippen molar-refractivity contribution in [2.75, 3.05) is 5.73 Å². The highest BCUT2D eigenvalue weighted by molar-refractivity contribution is 5.57. The molecule has 4 nitrogen and oxygen atoms in total. The summed E-state index contributed by atoms with van der Waals surface area (Å²) in [6.45, 7) is 3.60. The standard InChI is InChI=1S/C11H10N4/c1-2-9-13-10(15-11(12)14-9)8-6-4-3-5-7-8/h2-7H,1H2,(H2,12,13,14,15). The molecule has 0 aliphatic rings. The third-order valence-electron chi connectivity index (χ3n) is 1.88. The van der Waals surface area contributed by atoms with Gasteiger partial charge in [0.1, 0.15) is 0 Å². The Morgan fingerprint density at radius 2 is 1.80 bits per heavy atom. The maximum atomic E-state index is 5.56. The fourth-order valence-corrected chi connectivity index (χ4v) is 1.22. The van der Waals surface area contributed by atoms with Crippen LogP contribution in [0, 0.1) is 0 Å². The molecule has 1 aromatic carbocycles. The Morgan fingerprint density at radius 1 is 1.07 bits per heavy atom. The molecule has 2 aromatic rings. The van der Waals surface area contributed by atoms with E-state index < -0.39 is 0 Å². The van der Waals surface area contributed by atoms with Crippen molar-refractivity contribution in [2.24, 2.45) is 0 Å². The molecule has 1 aromatic heterocycles. The first kappa shape index (κ1) is 9.33. The van der Waals surface area contributed by atoms with Gasteiger partial charge in [-0.05, 0) is 6.08 Å². The van der Waals surface area contributed by atoms with Crippen LogP contribution in [-0.2, 0) is 0 Å². The normalized spacial score (nSPS) is 9.87. The number of hydrogen-bond acceptors (Lipinski definition) is 4. The predicted molar refractivity (Wildman–Crippen MR) is 59.8 cm³/mol. The summed E-state index contributed by atoms with van der Waals surface area (Å²) in [5, 5.41) is 0. The number of benzene rings is 1. The highest BCUT2D eigenvalue weighted by atomic mass is 15.1. The van der Waals surface area contributed by atoms with E-state index in [1.807, 2.05) is 30.3 Å². The number of nitrogen functional groups attached to an aromatic ring is 1. The third kappa shape index (κ3) is 1.99. The van der Waals surface area contributed by atoms with Gasteiger partial charge in [-0.2, -0.15) is 9.97 Å². The average molecular weight is 198 g/mol. The summed E-state index contributed by atoms with van der Waals surface area (Å²) >= 11 is 0. The first-order chi connectivity index (χ1) is 7.29. The number of rotatable bonds is 2. The number of hydrogen-bond donors (Lipinski definition) is 1. The zero-order valence-electron chi connectivity index (χ0n) is 8.09. The van der Waals surface area contributed by atoms with Gasteiger partial charge in [0.25, 0.3) is 0 Å². The molecule has 0 atom stereocenters. The Bertz CT molecular complexity index is 479. The molecule has 0 aliphatic carbocycles. The maximum absolute atomic E-state index is 5.56. The Kier molecular flexibility index (Phi) is 2.41. The Labute approximate surface area is 87.5 Å². The molecule has 0 unspecified atom stereocenters. The van der Waals surface area contributed by atoms with Crippen LogP contribution in [0.15, 0.2) is 36.9 Å². The van der Waals surface area contributed by atoms with E-state index in [2.05, 4.69) is 21.5 Å². The largest absolute Gasteiger partial charge is 0.368 e. The zero-order chi connectivity index (χ0) is 10.7. The summed E-state index contributed by atoms with van der Waals surface area (Å²) in [5.74, 6) is 1.26. The highest BCUT2D eigenvalue weighted by Gasteiger charge is 2.03. The topological polar surface area (TPSA) is 64.7 Å². The van der Waals surface area contributed by atoms with Gasteiger partial charge in [-0.25, -0.2) is 4.98 Å². The number of aromatic nitrogens is 3. The molecular weight excluding hydrogens is 188 g/mol. The molecule has 15 heavy (non-hydrogen) atoms. The average Bonchev–Trinajstić information content (AvgIpc) is 2.29. The van der Waals surface area contributed by atoms with E-state index in [1.165, 1.54) is 0 Å². The lowest BCUT2D eigenvalue weighted by Gasteiger charge is -2.01. The molecule has 1 heterocycles.